The van der Waals surface area contributed by atoms with Crippen molar-refractivity contribution in [2.24, 2.45) is 0 Å². The molecule has 3 aromatic rings. The number of phenols is 2. The normalized spacial score (nSPS) is 13.8. The van der Waals surface area contributed by atoms with Gasteiger partial charge in [-0.25, -0.2) is 0 Å². The summed E-state index contributed by atoms with van der Waals surface area (Å²) in [7, 11) is -5.10. The van der Waals surface area contributed by atoms with Crippen molar-refractivity contribution in [1.82, 2.24) is 0 Å². The number of aromatic hydroxyl groups is 2. The molecule has 3 rings (SSSR count). The highest BCUT2D eigenvalue weighted by atomic mass is 35.5. The third kappa shape index (κ3) is 3.34. The van der Waals surface area contributed by atoms with Gasteiger partial charge in [0.1, 0.15) is 5.02 Å². The smallest absolute Gasteiger partial charge is 0.283 e. The van der Waals surface area contributed by atoms with Crippen LogP contribution in [0.5, 0.6) is 11.5 Å². The van der Waals surface area contributed by atoms with Gasteiger partial charge in [0.05, 0.1) is 10.0 Å². The maximum atomic E-state index is 13.0. The van der Waals surface area contributed by atoms with Gasteiger partial charge in [-0.2, -0.15) is 8.42 Å². The molecule has 1 atom stereocenters. The molecule has 0 aliphatic rings. The monoisotopic (exact) mass is 492 g/mol. The lowest BCUT2D eigenvalue weighted by Gasteiger charge is -2.34. The predicted octanol–water partition coefficient (Wildman–Crippen LogP) is 5.89. The molecule has 3 aromatic carbocycles. The van der Waals surface area contributed by atoms with Crippen LogP contribution in [0, 0.1) is 0 Å². The molecule has 29 heavy (non-hydrogen) atoms. The minimum atomic E-state index is -5.10. The first kappa shape index (κ1) is 22.0. The summed E-state index contributed by atoms with van der Waals surface area (Å²) in [5, 5.41) is 18.6. The molecule has 0 bridgehead atoms. The molecule has 0 fully saturated rings. The van der Waals surface area contributed by atoms with E-state index in [-0.39, 0.29) is 16.1 Å². The van der Waals surface area contributed by atoms with Gasteiger partial charge in [-0.3, -0.25) is 4.55 Å². The zero-order valence-corrected chi connectivity index (χ0v) is 18.1. The molecular weight excluding hydrogens is 482 g/mol. The molecule has 0 saturated heterocycles. The van der Waals surface area contributed by atoms with Gasteiger partial charge in [0.2, 0.25) is 0 Å². The van der Waals surface area contributed by atoms with E-state index in [4.69, 9.17) is 46.4 Å². The van der Waals surface area contributed by atoms with Gasteiger partial charge in [-0.15, -0.1) is 0 Å². The Kier molecular flexibility index (Phi) is 5.98. The fraction of sp³-hybridized carbons (Fsp3) is 0.0526. The summed E-state index contributed by atoms with van der Waals surface area (Å²) < 4.78 is 34.1. The zero-order chi connectivity index (χ0) is 21.6. The molecule has 152 valence electrons. The Morgan fingerprint density at radius 3 is 1.79 bits per heavy atom. The van der Waals surface area contributed by atoms with Gasteiger partial charge in [0.15, 0.2) is 16.2 Å². The van der Waals surface area contributed by atoms with Gasteiger partial charge >= 0.3 is 0 Å². The minimum Gasteiger partial charge on any atom is -0.503 e. The lowest BCUT2D eigenvalue weighted by Crippen LogP contribution is -2.39. The van der Waals surface area contributed by atoms with E-state index >= 15 is 0 Å². The third-order valence-corrected chi connectivity index (χ3v) is 7.42. The summed E-state index contributed by atoms with van der Waals surface area (Å²) in [4.78, 5) is 0. The van der Waals surface area contributed by atoms with Crippen LogP contribution in [0.2, 0.25) is 20.1 Å². The summed E-state index contributed by atoms with van der Waals surface area (Å²) in [6.45, 7) is 0. The van der Waals surface area contributed by atoms with E-state index in [2.05, 4.69) is 0 Å². The number of hydrogen-bond donors (Lipinski definition) is 3. The molecule has 0 aromatic heterocycles. The molecule has 0 aliphatic heterocycles. The van der Waals surface area contributed by atoms with E-state index in [1.54, 1.807) is 12.1 Å². The molecule has 5 nitrogen and oxygen atoms in total. The number of hydrogen-bond acceptors (Lipinski definition) is 4. The van der Waals surface area contributed by atoms with Crippen LogP contribution in [0.25, 0.3) is 0 Å². The van der Waals surface area contributed by atoms with E-state index < -0.39 is 47.0 Å². The molecule has 0 aliphatic carbocycles. The maximum Gasteiger partial charge on any atom is 0.283 e. The number of rotatable bonds is 4. The molecule has 0 heterocycles. The summed E-state index contributed by atoms with van der Waals surface area (Å²) in [5.74, 6) is -1.73. The summed E-state index contributed by atoms with van der Waals surface area (Å²) in [6.07, 6.45) is 0. The quantitative estimate of drug-likeness (QED) is 0.182. The van der Waals surface area contributed by atoms with Gasteiger partial charge in [0, 0.05) is 16.1 Å². The van der Waals surface area contributed by atoms with Crippen molar-refractivity contribution in [3.8, 4) is 11.5 Å². The van der Waals surface area contributed by atoms with Crippen LogP contribution in [0.3, 0.4) is 0 Å². The van der Waals surface area contributed by atoms with Gasteiger partial charge in [-0.1, -0.05) is 94.9 Å². The van der Waals surface area contributed by atoms with E-state index in [1.807, 2.05) is 0 Å². The predicted molar refractivity (Wildman–Crippen MR) is 114 cm³/mol. The zero-order valence-electron chi connectivity index (χ0n) is 14.3. The van der Waals surface area contributed by atoms with Gasteiger partial charge in [0.25, 0.3) is 10.1 Å². The summed E-state index contributed by atoms with van der Waals surface area (Å²) in [5.41, 5.74) is -0.510. The van der Waals surface area contributed by atoms with Gasteiger partial charge < -0.3 is 10.2 Å². The average molecular weight is 494 g/mol. The standard InChI is InChI=1S/C19H12Cl4O5S/c20-12-9-5-4-8-11(12)19(29(26,27)28,10-6-2-1-3-7-10)13-14(21)16(23)18(25)17(24)15(13)22/h1-9,24-25H,(H,26,27,28). The van der Waals surface area contributed by atoms with Crippen LogP contribution in [0.1, 0.15) is 16.7 Å². The fourth-order valence-corrected chi connectivity index (χ4v) is 5.90. The molecule has 3 N–H and O–H groups in total. The SMILES string of the molecule is O=S(=O)(O)C(c1ccccc1)(c1ccccc1Cl)c1c(Cl)c(O)c(O)c(Cl)c1Cl. The Bertz CT molecular complexity index is 1170. The van der Waals surface area contributed by atoms with Crippen molar-refractivity contribution in [3.63, 3.8) is 0 Å². The van der Waals surface area contributed by atoms with Crippen molar-refractivity contribution in [1.29, 1.82) is 0 Å². The molecular formula is C19H12Cl4O5S. The van der Waals surface area contributed by atoms with Crippen LogP contribution < -0.4 is 0 Å². The topological polar surface area (TPSA) is 94.8 Å². The van der Waals surface area contributed by atoms with Crippen LogP contribution in [-0.4, -0.2) is 23.2 Å². The highest BCUT2D eigenvalue weighted by Crippen LogP contribution is 2.56. The van der Waals surface area contributed by atoms with Gasteiger partial charge in [-0.05, 0) is 11.6 Å². The lowest BCUT2D eigenvalue weighted by atomic mass is 9.83. The van der Waals surface area contributed by atoms with Crippen molar-refractivity contribution >= 4 is 56.5 Å². The number of phenolic OH excluding ortho intramolecular Hbond substituents is 2. The van der Waals surface area contributed by atoms with Crippen molar-refractivity contribution in [2.45, 2.75) is 4.75 Å². The molecule has 0 spiro atoms. The Labute approximate surface area is 186 Å². The van der Waals surface area contributed by atoms with E-state index in [1.165, 1.54) is 42.5 Å². The van der Waals surface area contributed by atoms with Crippen LogP contribution >= 0.6 is 46.4 Å². The minimum absolute atomic E-state index is 0.0233. The fourth-order valence-electron chi connectivity index (χ4n) is 3.22. The average Bonchev–Trinajstić information content (AvgIpc) is 2.68. The number of benzene rings is 3. The maximum absolute atomic E-state index is 13.0. The highest BCUT2D eigenvalue weighted by Gasteiger charge is 2.53. The summed E-state index contributed by atoms with van der Waals surface area (Å²) in [6, 6.07) is 13.4. The third-order valence-electron chi connectivity index (χ3n) is 4.44. The first-order valence-corrected chi connectivity index (χ1v) is 10.9. The Morgan fingerprint density at radius 1 is 0.724 bits per heavy atom. The number of halogens is 4. The Balaban J connectivity index is 2.69. The van der Waals surface area contributed by atoms with E-state index in [0.29, 0.717) is 0 Å². The van der Waals surface area contributed by atoms with E-state index in [9.17, 15) is 23.2 Å². The molecule has 0 amide bonds. The van der Waals surface area contributed by atoms with Crippen molar-refractivity contribution < 1.29 is 23.2 Å². The molecule has 1 unspecified atom stereocenters. The highest BCUT2D eigenvalue weighted by molar-refractivity contribution is 7.87. The Hall–Kier alpha value is -1.67. The lowest BCUT2D eigenvalue weighted by molar-refractivity contribution is 0.402. The largest absolute Gasteiger partial charge is 0.503 e. The van der Waals surface area contributed by atoms with Crippen molar-refractivity contribution in [2.75, 3.05) is 0 Å². The first-order valence-electron chi connectivity index (χ1n) is 7.91. The second-order valence-corrected chi connectivity index (χ2v) is 9.12. The second kappa shape index (κ2) is 7.87. The van der Waals surface area contributed by atoms with E-state index in [0.717, 1.165) is 0 Å². The first-order chi connectivity index (χ1) is 13.5. The summed E-state index contributed by atoms with van der Waals surface area (Å²) >= 11 is 24.9. The molecule has 10 heteroatoms. The molecule has 0 saturated carbocycles. The second-order valence-electron chi connectivity index (χ2n) is 6.02. The van der Waals surface area contributed by atoms with Crippen LogP contribution in [-0.2, 0) is 14.9 Å². The van der Waals surface area contributed by atoms with Crippen molar-refractivity contribution in [3.05, 3.63) is 91.4 Å². The van der Waals surface area contributed by atoms with Crippen LogP contribution in [0.15, 0.2) is 54.6 Å². The molecule has 0 radical (unpaired) electrons. The Morgan fingerprint density at radius 2 is 1.24 bits per heavy atom. The van der Waals surface area contributed by atoms with Crippen LogP contribution in [0.4, 0.5) is 0 Å².